The highest BCUT2D eigenvalue weighted by Crippen LogP contribution is 2.41. The van der Waals surface area contributed by atoms with Crippen molar-refractivity contribution in [2.24, 2.45) is 4.99 Å². The van der Waals surface area contributed by atoms with E-state index in [0.29, 0.717) is 10.9 Å². The highest BCUT2D eigenvalue weighted by atomic mass is 32.2. The van der Waals surface area contributed by atoms with Gasteiger partial charge in [-0.2, -0.15) is 4.99 Å². The Morgan fingerprint density at radius 2 is 1.93 bits per heavy atom. The van der Waals surface area contributed by atoms with Gasteiger partial charge in [-0.3, -0.25) is 4.79 Å². The molecule has 0 N–H and O–H groups in total. The standard InChI is InChI=1S/C20H19FN2O4S2/c1-27-14-8-6-13(7-9-14)10-19(24)22-20-23(16-5-3-2-4-15(16)21)17-11-29(25,26)12-18(17)28-20/h2-9,17-18H,10-12H2,1H3/t17-,18-/m1/s1. The van der Waals surface area contributed by atoms with Gasteiger partial charge in [-0.05, 0) is 29.8 Å². The second-order valence-corrected chi connectivity index (χ2v) is 10.3. The summed E-state index contributed by atoms with van der Waals surface area (Å²) in [5, 5.41) is 0.0747. The van der Waals surface area contributed by atoms with Crippen LogP contribution >= 0.6 is 11.8 Å². The lowest BCUT2D eigenvalue weighted by Gasteiger charge is -2.24. The van der Waals surface area contributed by atoms with Gasteiger partial charge in [0.1, 0.15) is 11.6 Å². The van der Waals surface area contributed by atoms with E-state index >= 15 is 0 Å². The van der Waals surface area contributed by atoms with Crippen LogP contribution in [0.4, 0.5) is 10.1 Å². The molecule has 0 aromatic heterocycles. The number of ether oxygens (including phenoxy) is 1. The first-order valence-corrected chi connectivity index (χ1v) is 11.7. The van der Waals surface area contributed by atoms with Crippen molar-refractivity contribution in [3.05, 3.63) is 59.9 Å². The van der Waals surface area contributed by atoms with Crippen LogP contribution in [0, 0.1) is 5.82 Å². The number of amidine groups is 1. The fourth-order valence-electron chi connectivity index (χ4n) is 3.56. The van der Waals surface area contributed by atoms with E-state index in [2.05, 4.69) is 4.99 Å². The quantitative estimate of drug-likeness (QED) is 0.737. The number of rotatable bonds is 4. The molecule has 0 spiro atoms. The van der Waals surface area contributed by atoms with E-state index in [0.717, 1.165) is 5.56 Å². The smallest absolute Gasteiger partial charge is 0.252 e. The summed E-state index contributed by atoms with van der Waals surface area (Å²) in [6.07, 6.45) is 0.0901. The molecule has 2 atom stereocenters. The number of thioether (sulfide) groups is 1. The Morgan fingerprint density at radius 1 is 1.21 bits per heavy atom. The molecule has 6 nitrogen and oxygen atoms in total. The van der Waals surface area contributed by atoms with E-state index in [1.165, 1.54) is 17.8 Å². The summed E-state index contributed by atoms with van der Waals surface area (Å²) in [6.45, 7) is 0. The Balaban J connectivity index is 1.62. The third-order valence-corrected chi connectivity index (χ3v) is 8.12. The largest absolute Gasteiger partial charge is 0.497 e. The molecule has 2 heterocycles. The van der Waals surface area contributed by atoms with E-state index in [1.54, 1.807) is 54.5 Å². The fourth-order valence-corrected chi connectivity index (χ4v) is 7.48. The number of carbonyl (C=O) groups is 1. The van der Waals surface area contributed by atoms with Crippen LogP contribution < -0.4 is 9.64 Å². The molecule has 4 rings (SSSR count). The van der Waals surface area contributed by atoms with Crippen LogP contribution in [-0.4, -0.2) is 49.4 Å². The molecule has 152 valence electrons. The zero-order valence-corrected chi connectivity index (χ0v) is 17.2. The maximum absolute atomic E-state index is 14.5. The van der Waals surface area contributed by atoms with Crippen molar-refractivity contribution in [1.82, 2.24) is 0 Å². The van der Waals surface area contributed by atoms with E-state index in [1.807, 2.05) is 0 Å². The minimum absolute atomic E-state index is 0.00102. The van der Waals surface area contributed by atoms with Gasteiger partial charge < -0.3 is 9.64 Å². The zero-order valence-electron chi connectivity index (χ0n) is 15.6. The van der Waals surface area contributed by atoms with E-state index < -0.39 is 21.7 Å². The lowest BCUT2D eigenvalue weighted by molar-refractivity contribution is -0.117. The number of halogens is 1. The molecular weight excluding hydrogens is 415 g/mol. The summed E-state index contributed by atoms with van der Waals surface area (Å²) >= 11 is 1.23. The molecule has 0 bridgehead atoms. The molecule has 0 saturated carbocycles. The van der Waals surface area contributed by atoms with Crippen molar-refractivity contribution in [1.29, 1.82) is 0 Å². The number of methoxy groups -OCH3 is 1. The number of nitrogens with zero attached hydrogens (tertiary/aromatic N) is 2. The number of hydrogen-bond donors (Lipinski definition) is 0. The Morgan fingerprint density at radius 3 is 2.62 bits per heavy atom. The first kappa shape index (κ1) is 19.9. The monoisotopic (exact) mass is 434 g/mol. The normalized spacial score (nSPS) is 23.9. The van der Waals surface area contributed by atoms with Crippen molar-refractivity contribution >= 4 is 38.4 Å². The van der Waals surface area contributed by atoms with Gasteiger partial charge in [0.05, 0.1) is 36.8 Å². The van der Waals surface area contributed by atoms with Gasteiger partial charge in [-0.1, -0.05) is 36.0 Å². The highest BCUT2D eigenvalue weighted by Gasteiger charge is 2.49. The van der Waals surface area contributed by atoms with Gasteiger partial charge in [-0.25, -0.2) is 12.8 Å². The predicted octanol–water partition coefficient (Wildman–Crippen LogP) is 2.68. The molecule has 2 aliphatic heterocycles. The first-order valence-electron chi connectivity index (χ1n) is 9.01. The Bertz CT molecular complexity index is 1070. The molecule has 9 heteroatoms. The van der Waals surface area contributed by atoms with Crippen LogP contribution in [0.2, 0.25) is 0 Å². The summed E-state index contributed by atoms with van der Waals surface area (Å²) in [5.41, 5.74) is 1.02. The second-order valence-electron chi connectivity index (χ2n) is 6.93. The number of carbonyl (C=O) groups excluding carboxylic acids is 1. The van der Waals surface area contributed by atoms with E-state index in [9.17, 15) is 17.6 Å². The lowest BCUT2D eigenvalue weighted by Crippen LogP contribution is -2.38. The van der Waals surface area contributed by atoms with E-state index in [-0.39, 0.29) is 34.8 Å². The summed E-state index contributed by atoms with van der Waals surface area (Å²) in [7, 11) is -1.64. The van der Waals surface area contributed by atoms with Crippen molar-refractivity contribution in [3.63, 3.8) is 0 Å². The predicted molar refractivity (Wildman–Crippen MR) is 112 cm³/mol. The molecule has 2 aliphatic rings. The molecule has 1 amide bonds. The summed E-state index contributed by atoms with van der Waals surface area (Å²) in [4.78, 5) is 18.3. The molecule has 2 fully saturated rings. The van der Waals surface area contributed by atoms with Crippen LogP contribution in [-0.2, 0) is 21.1 Å². The van der Waals surface area contributed by atoms with Crippen LogP contribution in [0.25, 0.3) is 0 Å². The van der Waals surface area contributed by atoms with Gasteiger partial charge >= 0.3 is 0 Å². The molecule has 2 saturated heterocycles. The van der Waals surface area contributed by atoms with Gasteiger partial charge in [0.25, 0.3) is 5.91 Å². The van der Waals surface area contributed by atoms with Gasteiger partial charge in [0.2, 0.25) is 0 Å². The summed E-state index contributed by atoms with van der Waals surface area (Å²) < 4.78 is 43.7. The van der Waals surface area contributed by atoms with Crippen molar-refractivity contribution in [2.45, 2.75) is 17.7 Å². The molecule has 29 heavy (non-hydrogen) atoms. The number of anilines is 1. The van der Waals surface area contributed by atoms with Crippen molar-refractivity contribution in [2.75, 3.05) is 23.5 Å². The van der Waals surface area contributed by atoms with Crippen LogP contribution in [0.1, 0.15) is 5.56 Å². The molecule has 0 radical (unpaired) electrons. The van der Waals surface area contributed by atoms with Crippen molar-refractivity contribution in [3.8, 4) is 5.75 Å². The third kappa shape index (κ3) is 4.16. The van der Waals surface area contributed by atoms with Crippen LogP contribution in [0.15, 0.2) is 53.5 Å². The number of fused-ring (bicyclic) bond motifs is 1. The van der Waals surface area contributed by atoms with Gasteiger partial charge in [0, 0.05) is 5.25 Å². The summed E-state index contributed by atoms with van der Waals surface area (Å²) in [6, 6.07) is 12.8. The zero-order chi connectivity index (χ0) is 20.6. The SMILES string of the molecule is COc1ccc(CC(=O)N=C2S[C@@H]3CS(=O)(=O)C[C@H]3N2c2ccccc2F)cc1. The molecular formula is C20H19FN2O4S2. The van der Waals surface area contributed by atoms with Gasteiger partial charge in [0.15, 0.2) is 15.0 Å². The number of para-hydroxylation sites is 1. The average molecular weight is 435 g/mol. The molecule has 0 unspecified atom stereocenters. The number of aliphatic imine (C=N–C) groups is 1. The minimum Gasteiger partial charge on any atom is -0.497 e. The van der Waals surface area contributed by atoms with Crippen LogP contribution in [0.3, 0.4) is 0 Å². The van der Waals surface area contributed by atoms with E-state index in [4.69, 9.17) is 4.74 Å². The third-order valence-electron chi connectivity index (χ3n) is 4.91. The van der Waals surface area contributed by atoms with Crippen molar-refractivity contribution < 1.29 is 22.3 Å². The fraction of sp³-hybridized carbons (Fsp3) is 0.300. The maximum Gasteiger partial charge on any atom is 0.252 e. The molecule has 2 aromatic carbocycles. The summed E-state index contributed by atoms with van der Waals surface area (Å²) in [5.74, 6) is -0.238. The average Bonchev–Trinajstić information content (AvgIpc) is 3.13. The number of hydrogen-bond acceptors (Lipinski definition) is 5. The van der Waals surface area contributed by atoms with Gasteiger partial charge in [-0.15, -0.1) is 0 Å². The minimum atomic E-state index is -3.20. The Kier molecular flexibility index (Phi) is 5.35. The molecule has 0 aliphatic carbocycles. The number of benzene rings is 2. The maximum atomic E-state index is 14.5. The number of sulfone groups is 1. The second kappa shape index (κ2) is 7.79. The molecule has 2 aromatic rings. The topological polar surface area (TPSA) is 76.0 Å². The Labute approximate surface area is 172 Å². The highest BCUT2D eigenvalue weighted by molar-refractivity contribution is 8.16. The Hall–Kier alpha value is -2.39. The lowest BCUT2D eigenvalue weighted by atomic mass is 10.1. The van der Waals surface area contributed by atoms with Crippen LogP contribution in [0.5, 0.6) is 5.75 Å². The number of amides is 1. The first-order chi connectivity index (χ1) is 13.9.